The number of terminal acetylenes is 2. The summed E-state index contributed by atoms with van der Waals surface area (Å²) in [7, 11) is 0. The topological polar surface area (TPSA) is 68.5 Å². The first-order valence-corrected chi connectivity index (χ1v) is 8.83. The van der Waals surface area contributed by atoms with Crippen molar-refractivity contribution in [1.82, 2.24) is 5.32 Å². The van der Waals surface area contributed by atoms with Gasteiger partial charge >= 0.3 is 11.9 Å². The lowest BCUT2D eigenvalue weighted by molar-refractivity contribution is -0.694. The summed E-state index contributed by atoms with van der Waals surface area (Å²) >= 11 is 0. The molecule has 0 unspecified atom stereocenters. The molecule has 2 heterocycles. The van der Waals surface area contributed by atoms with E-state index in [1.54, 1.807) is 13.8 Å². The van der Waals surface area contributed by atoms with Crippen molar-refractivity contribution >= 4 is 11.9 Å². The largest absolute Gasteiger partial charge is 0.449 e. The van der Waals surface area contributed by atoms with Crippen LogP contribution < -0.4 is 9.88 Å². The normalized spacial score (nSPS) is 14.0. The number of esters is 2. The van der Waals surface area contributed by atoms with E-state index < -0.39 is 17.9 Å². The van der Waals surface area contributed by atoms with Crippen molar-refractivity contribution in [3.8, 4) is 24.7 Å². The first-order chi connectivity index (χ1) is 13.4. The number of hydrogen-bond donors (Lipinski definition) is 1. The fourth-order valence-corrected chi connectivity index (χ4v) is 3.15. The predicted molar refractivity (Wildman–Crippen MR) is 103 cm³/mol. The Morgan fingerprint density at radius 1 is 1.11 bits per heavy atom. The second kappa shape index (κ2) is 9.43. The Kier molecular flexibility index (Phi) is 7.01. The molecule has 2 rings (SSSR count). The van der Waals surface area contributed by atoms with Crippen LogP contribution in [0.5, 0.6) is 0 Å². The number of nitrogens with one attached hydrogen (secondary N) is 1. The number of nitrogens with zero attached hydrogens (tertiary/aromatic N) is 1. The van der Waals surface area contributed by atoms with Gasteiger partial charge in [0.05, 0.1) is 17.1 Å². The van der Waals surface area contributed by atoms with E-state index in [-0.39, 0.29) is 13.2 Å². The van der Waals surface area contributed by atoms with Crippen LogP contribution in [0.1, 0.15) is 32.3 Å². The van der Waals surface area contributed by atoms with Crippen molar-refractivity contribution in [2.45, 2.75) is 33.2 Å². The number of aryl methyl sites for hydroxylation is 1. The van der Waals surface area contributed by atoms with Crippen molar-refractivity contribution in [3.05, 3.63) is 52.6 Å². The van der Waals surface area contributed by atoms with Crippen LogP contribution in [0, 0.1) is 24.7 Å². The summed E-state index contributed by atoms with van der Waals surface area (Å²) in [5, 5.41) is 3.07. The van der Waals surface area contributed by atoms with Gasteiger partial charge in [0.1, 0.15) is 6.54 Å². The second-order valence-corrected chi connectivity index (χ2v) is 6.16. The number of pyridine rings is 1. The van der Waals surface area contributed by atoms with Crippen LogP contribution in [-0.4, -0.2) is 25.2 Å². The van der Waals surface area contributed by atoms with E-state index >= 15 is 0 Å². The van der Waals surface area contributed by atoms with Crippen LogP contribution in [0.4, 0.5) is 0 Å². The third-order valence-corrected chi connectivity index (χ3v) is 4.35. The van der Waals surface area contributed by atoms with Gasteiger partial charge in [0.15, 0.2) is 25.6 Å². The minimum absolute atomic E-state index is 0.161. The van der Waals surface area contributed by atoms with Crippen LogP contribution in [0.3, 0.4) is 0 Å². The molecule has 1 aliphatic heterocycles. The molecule has 1 aliphatic rings. The Morgan fingerprint density at radius 2 is 1.64 bits per heavy atom. The highest BCUT2D eigenvalue weighted by molar-refractivity contribution is 5.99. The highest BCUT2D eigenvalue weighted by Gasteiger charge is 2.39. The SMILES string of the molecule is C#CCOC(=O)C1=C(C)NC(C)=C(C(=O)OCC#C)C1c1ccc[n+](CC)c1. The summed E-state index contributed by atoms with van der Waals surface area (Å²) < 4.78 is 12.3. The molecular formula is C22H23N2O4+. The molecule has 0 aromatic carbocycles. The second-order valence-electron chi connectivity index (χ2n) is 6.16. The molecule has 144 valence electrons. The van der Waals surface area contributed by atoms with E-state index in [2.05, 4.69) is 17.2 Å². The molecule has 0 bridgehead atoms. The highest BCUT2D eigenvalue weighted by atomic mass is 16.5. The molecule has 0 fully saturated rings. The van der Waals surface area contributed by atoms with Gasteiger partial charge in [-0.15, -0.1) is 12.8 Å². The Hall–Kier alpha value is -3.51. The van der Waals surface area contributed by atoms with Gasteiger partial charge in [0.2, 0.25) is 0 Å². The number of aromatic nitrogens is 1. The third-order valence-electron chi connectivity index (χ3n) is 4.35. The van der Waals surface area contributed by atoms with Crippen LogP contribution in [0.25, 0.3) is 0 Å². The Bertz CT molecular complexity index is 877. The molecule has 1 aromatic heterocycles. The molecule has 28 heavy (non-hydrogen) atoms. The van der Waals surface area contributed by atoms with Crippen molar-refractivity contribution in [2.24, 2.45) is 0 Å². The third kappa shape index (κ3) is 4.42. The molecule has 0 saturated heterocycles. The maximum Gasteiger partial charge on any atom is 0.337 e. The van der Waals surface area contributed by atoms with E-state index in [9.17, 15) is 9.59 Å². The van der Waals surface area contributed by atoms with Gasteiger partial charge in [-0.05, 0) is 26.8 Å². The van der Waals surface area contributed by atoms with Gasteiger partial charge in [-0.25, -0.2) is 14.2 Å². The molecule has 0 spiro atoms. The van der Waals surface area contributed by atoms with Crippen molar-refractivity contribution in [1.29, 1.82) is 0 Å². The molecule has 6 heteroatoms. The zero-order valence-electron chi connectivity index (χ0n) is 16.2. The fraction of sp³-hybridized carbons (Fsp3) is 0.318. The van der Waals surface area contributed by atoms with Crippen LogP contribution in [0.15, 0.2) is 47.1 Å². The molecule has 0 radical (unpaired) electrons. The van der Waals surface area contributed by atoms with E-state index in [0.29, 0.717) is 22.5 Å². The Morgan fingerprint density at radius 3 is 2.11 bits per heavy atom. The summed E-state index contributed by atoms with van der Waals surface area (Å²) in [6, 6.07) is 3.71. The maximum absolute atomic E-state index is 12.8. The molecule has 0 amide bonds. The molecule has 1 N–H and O–H groups in total. The summed E-state index contributed by atoms with van der Waals surface area (Å²) in [5.41, 5.74) is 2.55. The monoisotopic (exact) mass is 379 g/mol. The molecule has 0 aliphatic carbocycles. The van der Waals surface area contributed by atoms with E-state index in [4.69, 9.17) is 22.3 Å². The quantitative estimate of drug-likeness (QED) is 0.462. The smallest absolute Gasteiger partial charge is 0.337 e. The average molecular weight is 379 g/mol. The Labute approximate surface area is 165 Å². The van der Waals surface area contributed by atoms with Crippen molar-refractivity contribution in [2.75, 3.05) is 13.2 Å². The van der Waals surface area contributed by atoms with E-state index in [1.165, 1.54) is 0 Å². The zero-order chi connectivity index (χ0) is 20.7. The number of dihydropyridines is 1. The van der Waals surface area contributed by atoms with Gasteiger partial charge in [0, 0.05) is 23.0 Å². The lowest BCUT2D eigenvalue weighted by Gasteiger charge is -2.29. The number of carbonyl (C=O) groups excluding carboxylic acids is 2. The summed E-state index contributed by atoms with van der Waals surface area (Å²) in [4.78, 5) is 25.5. The van der Waals surface area contributed by atoms with Gasteiger partial charge < -0.3 is 14.8 Å². The minimum Gasteiger partial charge on any atom is -0.449 e. The molecule has 1 aromatic rings. The van der Waals surface area contributed by atoms with Crippen molar-refractivity contribution < 1.29 is 23.6 Å². The summed E-state index contributed by atoms with van der Waals surface area (Å²) in [6.45, 7) is 5.92. The standard InChI is InChI=1S/C22H22N2O4/c1-6-12-27-21(25)18-15(4)23-16(5)19(22(26)28-13-7-2)20(18)17-10-9-11-24(8-3)14-17/h1-2,9-11,14,20H,8,12-13H2,3-5H3/p+1. The molecule has 0 atom stereocenters. The van der Waals surface area contributed by atoms with Crippen LogP contribution >= 0.6 is 0 Å². The Balaban J connectivity index is 2.61. The lowest BCUT2D eigenvalue weighted by atomic mass is 9.81. The number of hydrogen-bond acceptors (Lipinski definition) is 5. The highest BCUT2D eigenvalue weighted by Crippen LogP contribution is 2.38. The zero-order valence-corrected chi connectivity index (χ0v) is 16.2. The van der Waals surface area contributed by atoms with Crippen LogP contribution in [0.2, 0.25) is 0 Å². The van der Waals surface area contributed by atoms with Crippen molar-refractivity contribution in [3.63, 3.8) is 0 Å². The lowest BCUT2D eigenvalue weighted by Crippen LogP contribution is -2.36. The summed E-state index contributed by atoms with van der Waals surface area (Å²) in [6.07, 6.45) is 14.2. The molecular weight excluding hydrogens is 356 g/mol. The average Bonchev–Trinajstić information content (AvgIpc) is 2.69. The maximum atomic E-state index is 12.8. The number of rotatable bonds is 6. The van der Waals surface area contributed by atoms with Gasteiger partial charge in [-0.1, -0.05) is 11.8 Å². The first kappa shape index (κ1) is 20.8. The van der Waals surface area contributed by atoms with Gasteiger partial charge in [-0.2, -0.15) is 0 Å². The number of ether oxygens (including phenoxy) is 2. The van der Waals surface area contributed by atoms with Gasteiger partial charge in [0.25, 0.3) is 0 Å². The summed E-state index contributed by atoms with van der Waals surface area (Å²) in [5.74, 6) is 2.71. The van der Waals surface area contributed by atoms with Gasteiger partial charge in [-0.3, -0.25) is 0 Å². The first-order valence-electron chi connectivity index (χ1n) is 8.83. The van der Waals surface area contributed by atoms with E-state index in [0.717, 1.165) is 12.1 Å². The molecule has 0 saturated carbocycles. The minimum atomic E-state index is -0.671. The predicted octanol–water partition coefficient (Wildman–Crippen LogP) is 1.58. The fourth-order valence-electron chi connectivity index (χ4n) is 3.15. The van der Waals surface area contributed by atoms with Crippen LogP contribution in [-0.2, 0) is 25.6 Å². The number of allylic oxidation sites excluding steroid dienone is 2. The molecule has 6 nitrogen and oxygen atoms in total. The number of carbonyl (C=O) groups is 2. The van der Waals surface area contributed by atoms with E-state index in [1.807, 2.05) is 36.0 Å².